The van der Waals surface area contributed by atoms with E-state index in [4.69, 9.17) is 10.6 Å². The van der Waals surface area contributed by atoms with Crippen LogP contribution in [0.15, 0.2) is 12.2 Å². The first-order chi connectivity index (χ1) is 5.70. The van der Waals surface area contributed by atoms with Gasteiger partial charge in [-0.3, -0.25) is 4.57 Å². The van der Waals surface area contributed by atoms with E-state index in [2.05, 4.69) is 12.2 Å². The number of allylic oxidation sites excluding steroid dienone is 2. The maximum absolute atomic E-state index is 10.6. The molecule has 0 aromatic rings. The van der Waals surface area contributed by atoms with Crippen molar-refractivity contribution in [2.45, 2.75) is 31.5 Å². The van der Waals surface area contributed by atoms with Gasteiger partial charge in [-0.2, -0.15) is 0 Å². The summed E-state index contributed by atoms with van der Waals surface area (Å²) >= 11 is 0. The van der Waals surface area contributed by atoms with Crippen molar-refractivity contribution in [3.8, 4) is 0 Å². The summed E-state index contributed by atoms with van der Waals surface area (Å²) in [6, 6.07) is 0. The minimum atomic E-state index is -2.51. The van der Waals surface area contributed by atoms with Gasteiger partial charge in [-0.15, -0.1) is 0 Å². The molecule has 1 aliphatic carbocycles. The Balaban J connectivity index is 2.30. The van der Waals surface area contributed by atoms with Crippen molar-refractivity contribution in [1.82, 2.24) is 0 Å². The Morgan fingerprint density at radius 3 is 2.92 bits per heavy atom. The fraction of sp³-hybridized carbons (Fsp3) is 0.750. The van der Waals surface area contributed by atoms with Gasteiger partial charge in [0.1, 0.15) is 0 Å². The van der Waals surface area contributed by atoms with Crippen molar-refractivity contribution < 1.29 is 9.46 Å². The summed E-state index contributed by atoms with van der Waals surface area (Å²) in [6.45, 7) is 0. The number of hydrogen-bond donors (Lipinski definition) is 2. The SMILES string of the molecule is NC(CC1CC=CCC1)[PH](=O)O. The molecule has 0 bridgehead atoms. The Hall–Kier alpha value is -0.110. The second-order valence-electron chi connectivity index (χ2n) is 3.33. The number of rotatable bonds is 3. The molecule has 0 spiro atoms. The summed E-state index contributed by atoms with van der Waals surface area (Å²) in [5.41, 5.74) is 5.51. The van der Waals surface area contributed by atoms with Crippen LogP contribution < -0.4 is 5.73 Å². The average molecular weight is 189 g/mol. The average Bonchev–Trinajstić information content (AvgIpc) is 2.06. The number of nitrogens with two attached hydrogens (primary N) is 1. The van der Waals surface area contributed by atoms with Gasteiger partial charge in [-0.25, -0.2) is 0 Å². The molecule has 3 N–H and O–H groups in total. The standard InChI is InChI=1S/C8H16NO2P/c9-8(12(10)11)6-7-4-2-1-3-5-7/h1-2,7-8,12H,3-6,9H2,(H,10,11). The lowest BCUT2D eigenvalue weighted by molar-refractivity contribution is 0.416. The Morgan fingerprint density at radius 2 is 2.42 bits per heavy atom. The highest BCUT2D eigenvalue weighted by Crippen LogP contribution is 2.29. The summed E-state index contributed by atoms with van der Waals surface area (Å²) < 4.78 is 10.6. The molecular formula is C8H16NO2P. The van der Waals surface area contributed by atoms with E-state index in [1.165, 1.54) is 0 Å². The molecule has 3 unspecified atom stereocenters. The van der Waals surface area contributed by atoms with Crippen LogP contribution in [0.1, 0.15) is 25.7 Å². The second kappa shape index (κ2) is 4.80. The van der Waals surface area contributed by atoms with Crippen LogP contribution in [0.2, 0.25) is 0 Å². The Bertz CT molecular complexity index is 193. The molecule has 3 atom stereocenters. The minimum Gasteiger partial charge on any atom is -0.345 e. The Kier molecular flexibility index (Phi) is 3.99. The third-order valence-corrected chi connectivity index (χ3v) is 3.15. The quantitative estimate of drug-likeness (QED) is 0.522. The molecule has 0 fully saturated rings. The molecule has 0 aliphatic heterocycles. The van der Waals surface area contributed by atoms with E-state index in [0.717, 1.165) is 19.3 Å². The summed E-state index contributed by atoms with van der Waals surface area (Å²) in [7, 11) is -2.51. The normalized spacial score (nSPS) is 28.3. The lowest BCUT2D eigenvalue weighted by atomic mass is 9.91. The van der Waals surface area contributed by atoms with Crippen LogP contribution in [0.3, 0.4) is 0 Å². The zero-order valence-electron chi connectivity index (χ0n) is 7.07. The molecule has 4 heteroatoms. The van der Waals surface area contributed by atoms with Gasteiger partial charge < -0.3 is 10.6 Å². The van der Waals surface area contributed by atoms with Gasteiger partial charge in [0.25, 0.3) is 0 Å². The lowest BCUT2D eigenvalue weighted by Crippen LogP contribution is -2.20. The van der Waals surface area contributed by atoms with Crippen LogP contribution in [-0.2, 0) is 4.57 Å². The predicted octanol–water partition coefficient (Wildman–Crippen LogP) is 1.48. The third-order valence-electron chi connectivity index (χ3n) is 2.28. The van der Waals surface area contributed by atoms with E-state index in [1.54, 1.807) is 0 Å². The fourth-order valence-corrected chi connectivity index (χ4v) is 2.07. The van der Waals surface area contributed by atoms with E-state index in [-0.39, 0.29) is 0 Å². The van der Waals surface area contributed by atoms with Gasteiger partial charge in [0.15, 0.2) is 0 Å². The molecule has 3 nitrogen and oxygen atoms in total. The fourth-order valence-electron chi connectivity index (χ4n) is 1.53. The summed E-state index contributed by atoms with van der Waals surface area (Å²) in [5, 5.41) is 0. The highest BCUT2D eigenvalue weighted by molar-refractivity contribution is 7.38. The zero-order chi connectivity index (χ0) is 8.97. The van der Waals surface area contributed by atoms with Crippen LogP contribution in [0.5, 0.6) is 0 Å². The molecule has 0 heterocycles. The van der Waals surface area contributed by atoms with Gasteiger partial charge >= 0.3 is 0 Å². The second-order valence-corrected chi connectivity index (χ2v) is 4.75. The smallest absolute Gasteiger partial charge is 0.205 e. The highest BCUT2D eigenvalue weighted by atomic mass is 31.1. The lowest BCUT2D eigenvalue weighted by Gasteiger charge is -2.19. The molecule has 12 heavy (non-hydrogen) atoms. The van der Waals surface area contributed by atoms with Gasteiger partial charge in [-0.05, 0) is 31.6 Å². The molecule has 0 radical (unpaired) electrons. The minimum absolute atomic E-state index is 0.494. The molecule has 70 valence electrons. The van der Waals surface area contributed by atoms with Crippen molar-refractivity contribution in [2.24, 2.45) is 11.7 Å². The summed E-state index contributed by atoms with van der Waals surface area (Å²) in [4.78, 5) is 8.75. The molecule has 0 saturated carbocycles. The van der Waals surface area contributed by atoms with Crippen molar-refractivity contribution in [1.29, 1.82) is 0 Å². The largest absolute Gasteiger partial charge is 0.345 e. The van der Waals surface area contributed by atoms with Crippen LogP contribution in [0, 0.1) is 5.92 Å². The van der Waals surface area contributed by atoms with Crippen LogP contribution in [0.4, 0.5) is 0 Å². The third kappa shape index (κ3) is 3.10. The van der Waals surface area contributed by atoms with Crippen molar-refractivity contribution in [3.63, 3.8) is 0 Å². The summed E-state index contributed by atoms with van der Waals surface area (Å²) in [5.74, 6) is 0.0256. The maximum Gasteiger partial charge on any atom is 0.205 e. The van der Waals surface area contributed by atoms with Crippen LogP contribution in [0.25, 0.3) is 0 Å². The van der Waals surface area contributed by atoms with Crippen LogP contribution in [-0.4, -0.2) is 10.7 Å². The molecule has 0 aromatic heterocycles. The van der Waals surface area contributed by atoms with Gasteiger partial charge in [0.2, 0.25) is 8.03 Å². The molecular weight excluding hydrogens is 173 g/mol. The van der Waals surface area contributed by atoms with Crippen molar-refractivity contribution in [3.05, 3.63) is 12.2 Å². The van der Waals surface area contributed by atoms with Gasteiger partial charge in [0.05, 0.1) is 5.78 Å². The topological polar surface area (TPSA) is 63.3 Å². The molecule has 1 rings (SSSR count). The van der Waals surface area contributed by atoms with Crippen molar-refractivity contribution in [2.75, 3.05) is 0 Å². The first-order valence-electron chi connectivity index (χ1n) is 4.33. The van der Waals surface area contributed by atoms with E-state index in [0.29, 0.717) is 12.3 Å². The van der Waals surface area contributed by atoms with E-state index >= 15 is 0 Å². The van der Waals surface area contributed by atoms with Gasteiger partial charge in [-0.1, -0.05) is 12.2 Å². The van der Waals surface area contributed by atoms with E-state index < -0.39 is 13.8 Å². The Labute approximate surface area is 73.5 Å². The maximum atomic E-state index is 10.6. The van der Waals surface area contributed by atoms with Crippen LogP contribution >= 0.6 is 8.03 Å². The van der Waals surface area contributed by atoms with E-state index in [1.807, 2.05) is 0 Å². The van der Waals surface area contributed by atoms with Gasteiger partial charge in [0, 0.05) is 0 Å². The monoisotopic (exact) mass is 189 g/mol. The molecule has 0 saturated heterocycles. The summed E-state index contributed by atoms with van der Waals surface area (Å²) in [6.07, 6.45) is 8.20. The molecule has 1 aliphatic rings. The zero-order valence-corrected chi connectivity index (χ0v) is 8.07. The molecule has 0 amide bonds. The van der Waals surface area contributed by atoms with Crippen molar-refractivity contribution >= 4 is 8.03 Å². The number of hydrogen-bond acceptors (Lipinski definition) is 2. The molecule has 0 aromatic carbocycles. The first-order valence-corrected chi connectivity index (χ1v) is 5.77. The first kappa shape index (κ1) is 9.97. The Morgan fingerprint density at radius 1 is 1.67 bits per heavy atom. The predicted molar refractivity (Wildman–Crippen MR) is 50.3 cm³/mol. The highest BCUT2D eigenvalue weighted by Gasteiger charge is 2.16. The van der Waals surface area contributed by atoms with E-state index in [9.17, 15) is 4.57 Å².